The Kier molecular flexibility index (Phi) is 4.03. The molecule has 0 amide bonds. The Balaban J connectivity index is 2.22. The van der Waals surface area contributed by atoms with Gasteiger partial charge in [0.2, 0.25) is 0 Å². The zero-order chi connectivity index (χ0) is 14.7. The third kappa shape index (κ3) is 2.96. The number of nitrogens with zero attached hydrogens (tertiary/aromatic N) is 1. The molecule has 0 unspecified atom stereocenters. The molecule has 0 aliphatic rings. The lowest BCUT2D eigenvalue weighted by Crippen LogP contribution is -2.18. The SMILES string of the molecule is Cc1cc(N(C)Cc2ccccc2F)ccc1C(=N)N. The fourth-order valence-corrected chi connectivity index (χ4v) is 2.16. The first-order valence-electron chi connectivity index (χ1n) is 6.38. The molecule has 0 radical (unpaired) electrons. The van der Waals surface area contributed by atoms with Crippen LogP contribution in [0.3, 0.4) is 0 Å². The van der Waals surface area contributed by atoms with Crippen LogP contribution in [0.25, 0.3) is 0 Å². The van der Waals surface area contributed by atoms with E-state index in [-0.39, 0.29) is 11.7 Å². The van der Waals surface area contributed by atoms with Crippen molar-refractivity contribution in [3.05, 3.63) is 65.0 Å². The molecule has 0 spiro atoms. The summed E-state index contributed by atoms with van der Waals surface area (Å²) in [6.45, 7) is 2.41. The van der Waals surface area contributed by atoms with E-state index in [1.807, 2.05) is 43.1 Å². The number of rotatable bonds is 4. The first-order chi connectivity index (χ1) is 9.49. The van der Waals surface area contributed by atoms with Crippen LogP contribution >= 0.6 is 0 Å². The molecule has 0 aliphatic heterocycles. The van der Waals surface area contributed by atoms with Gasteiger partial charge in [-0.2, -0.15) is 0 Å². The molecule has 3 N–H and O–H groups in total. The van der Waals surface area contributed by atoms with Crippen LogP contribution in [0.15, 0.2) is 42.5 Å². The van der Waals surface area contributed by atoms with E-state index in [9.17, 15) is 4.39 Å². The van der Waals surface area contributed by atoms with Crippen LogP contribution < -0.4 is 10.6 Å². The average Bonchev–Trinajstić information content (AvgIpc) is 2.40. The van der Waals surface area contributed by atoms with Crippen molar-refractivity contribution >= 4 is 11.5 Å². The number of amidine groups is 1. The van der Waals surface area contributed by atoms with Crippen molar-refractivity contribution < 1.29 is 4.39 Å². The van der Waals surface area contributed by atoms with Crippen LogP contribution in [0, 0.1) is 18.2 Å². The van der Waals surface area contributed by atoms with Crippen molar-refractivity contribution in [3.8, 4) is 0 Å². The number of hydrogen-bond acceptors (Lipinski definition) is 2. The highest BCUT2D eigenvalue weighted by Crippen LogP contribution is 2.20. The minimum Gasteiger partial charge on any atom is -0.384 e. The van der Waals surface area contributed by atoms with E-state index >= 15 is 0 Å². The number of halogens is 1. The fourth-order valence-electron chi connectivity index (χ4n) is 2.16. The maximum atomic E-state index is 13.6. The summed E-state index contributed by atoms with van der Waals surface area (Å²) in [4.78, 5) is 1.97. The molecule has 2 aromatic rings. The highest BCUT2D eigenvalue weighted by atomic mass is 19.1. The van der Waals surface area contributed by atoms with Crippen molar-refractivity contribution in [1.29, 1.82) is 5.41 Å². The van der Waals surface area contributed by atoms with E-state index in [0.29, 0.717) is 12.1 Å². The molecule has 0 saturated heterocycles. The van der Waals surface area contributed by atoms with Gasteiger partial charge in [-0.1, -0.05) is 18.2 Å². The molecule has 0 saturated carbocycles. The van der Waals surface area contributed by atoms with Gasteiger partial charge in [0.15, 0.2) is 0 Å². The van der Waals surface area contributed by atoms with Gasteiger partial charge in [-0.15, -0.1) is 0 Å². The van der Waals surface area contributed by atoms with Crippen molar-refractivity contribution in [2.45, 2.75) is 13.5 Å². The summed E-state index contributed by atoms with van der Waals surface area (Å²) in [6, 6.07) is 12.4. The average molecular weight is 271 g/mol. The number of hydrogen-bond donors (Lipinski definition) is 2. The smallest absolute Gasteiger partial charge is 0.128 e. The molecule has 2 aromatic carbocycles. The van der Waals surface area contributed by atoms with Gasteiger partial charge in [-0.3, -0.25) is 5.41 Å². The Morgan fingerprint density at radius 2 is 1.95 bits per heavy atom. The lowest BCUT2D eigenvalue weighted by molar-refractivity contribution is 0.608. The summed E-state index contributed by atoms with van der Waals surface area (Å²) in [5, 5.41) is 7.48. The van der Waals surface area contributed by atoms with Crippen LogP contribution in [0.4, 0.5) is 10.1 Å². The first-order valence-corrected chi connectivity index (χ1v) is 6.38. The fraction of sp³-hybridized carbons (Fsp3) is 0.188. The zero-order valence-electron chi connectivity index (χ0n) is 11.7. The van der Waals surface area contributed by atoms with E-state index in [1.165, 1.54) is 6.07 Å². The molecular weight excluding hydrogens is 253 g/mol. The van der Waals surface area contributed by atoms with Crippen LogP contribution in [-0.2, 0) is 6.54 Å². The number of aryl methyl sites for hydroxylation is 1. The molecule has 0 heterocycles. The molecular formula is C16H18FN3. The molecule has 0 atom stereocenters. The van der Waals surface area contributed by atoms with E-state index in [1.54, 1.807) is 12.1 Å². The predicted octanol–water partition coefficient (Wildman–Crippen LogP) is 3.05. The lowest BCUT2D eigenvalue weighted by Gasteiger charge is -2.21. The van der Waals surface area contributed by atoms with Crippen LogP contribution in [0.5, 0.6) is 0 Å². The van der Waals surface area contributed by atoms with Crippen LogP contribution in [0.2, 0.25) is 0 Å². The largest absolute Gasteiger partial charge is 0.384 e. The van der Waals surface area contributed by atoms with Gasteiger partial charge in [-0.05, 0) is 36.8 Å². The molecule has 0 bridgehead atoms. The van der Waals surface area contributed by atoms with E-state index in [0.717, 1.165) is 16.8 Å². The monoisotopic (exact) mass is 271 g/mol. The minimum absolute atomic E-state index is 0.0609. The Hall–Kier alpha value is -2.36. The minimum atomic E-state index is -0.198. The zero-order valence-corrected chi connectivity index (χ0v) is 11.7. The number of nitrogens with two attached hydrogens (primary N) is 1. The lowest BCUT2D eigenvalue weighted by atomic mass is 10.1. The Morgan fingerprint density at radius 1 is 1.25 bits per heavy atom. The number of anilines is 1. The normalized spacial score (nSPS) is 10.3. The Morgan fingerprint density at radius 3 is 2.55 bits per heavy atom. The quantitative estimate of drug-likeness (QED) is 0.663. The second kappa shape index (κ2) is 5.74. The van der Waals surface area contributed by atoms with Gasteiger partial charge >= 0.3 is 0 Å². The summed E-state index contributed by atoms with van der Waals surface area (Å²) in [5.74, 6) is -0.137. The number of benzene rings is 2. The van der Waals surface area contributed by atoms with Crippen LogP contribution in [0.1, 0.15) is 16.7 Å². The van der Waals surface area contributed by atoms with Gasteiger partial charge in [-0.25, -0.2) is 4.39 Å². The summed E-state index contributed by atoms with van der Waals surface area (Å²) in [6.07, 6.45) is 0. The summed E-state index contributed by atoms with van der Waals surface area (Å²) in [7, 11) is 1.91. The molecule has 20 heavy (non-hydrogen) atoms. The third-order valence-corrected chi connectivity index (χ3v) is 3.31. The molecule has 3 nitrogen and oxygen atoms in total. The van der Waals surface area contributed by atoms with E-state index < -0.39 is 0 Å². The predicted molar refractivity (Wildman–Crippen MR) is 80.7 cm³/mol. The maximum absolute atomic E-state index is 13.6. The van der Waals surface area contributed by atoms with Crippen molar-refractivity contribution in [2.24, 2.45) is 5.73 Å². The van der Waals surface area contributed by atoms with Gasteiger partial charge in [0, 0.05) is 30.4 Å². The molecule has 0 fully saturated rings. The van der Waals surface area contributed by atoms with E-state index in [4.69, 9.17) is 11.1 Å². The summed E-state index contributed by atoms with van der Waals surface area (Å²) >= 11 is 0. The molecule has 0 aliphatic carbocycles. The third-order valence-electron chi connectivity index (χ3n) is 3.31. The molecule has 0 aromatic heterocycles. The number of nitrogens with one attached hydrogen (secondary N) is 1. The van der Waals surface area contributed by atoms with Gasteiger partial charge in [0.1, 0.15) is 11.7 Å². The molecule has 4 heteroatoms. The standard InChI is InChI=1S/C16H18FN3/c1-11-9-13(7-8-14(11)16(18)19)20(2)10-12-5-3-4-6-15(12)17/h3-9H,10H2,1-2H3,(H3,18,19). The highest BCUT2D eigenvalue weighted by molar-refractivity contribution is 5.96. The first kappa shape index (κ1) is 14.1. The van der Waals surface area contributed by atoms with Gasteiger partial charge in [0.25, 0.3) is 0 Å². The van der Waals surface area contributed by atoms with Gasteiger partial charge < -0.3 is 10.6 Å². The summed E-state index contributed by atoms with van der Waals surface area (Å²) < 4.78 is 13.6. The van der Waals surface area contributed by atoms with Crippen LogP contribution in [-0.4, -0.2) is 12.9 Å². The van der Waals surface area contributed by atoms with Crippen molar-refractivity contribution in [3.63, 3.8) is 0 Å². The summed E-state index contributed by atoms with van der Waals surface area (Å²) in [5.41, 5.74) is 8.80. The van der Waals surface area contributed by atoms with Crippen molar-refractivity contribution in [2.75, 3.05) is 11.9 Å². The number of nitrogen functional groups attached to an aromatic ring is 1. The Bertz CT molecular complexity index is 637. The molecule has 2 rings (SSSR count). The second-order valence-electron chi connectivity index (χ2n) is 4.86. The second-order valence-corrected chi connectivity index (χ2v) is 4.86. The highest BCUT2D eigenvalue weighted by Gasteiger charge is 2.08. The van der Waals surface area contributed by atoms with Gasteiger partial charge in [0.05, 0.1) is 0 Å². The Labute approximate surface area is 118 Å². The topological polar surface area (TPSA) is 53.1 Å². The maximum Gasteiger partial charge on any atom is 0.128 e. The van der Waals surface area contributed by atoms with Crippen molar-refractivity contribution in [1.82, 2.24) is 0 Å². The van der Waals surface area contributed by atoms with E-state index in [2.05, 4.69) is 0 Å². The molecule has 104 valence electrons.